The van der Waals surface area contributed by atoms with Gasteiger partial charge in [0.25, 0.3) is 11.7 Å². The number of likely N-dealkylation sites (tertiary alicyclic amines) is 1. The van der Waals surface area contributed by atoms with Crippen LogP contribution in [-0.4, -0.2) is 50.7 Å². The van der Waals surface area contributed by atoms with Crippen LogP contribution in [0.3, 0.4) is 0 Å². The number of Topliss-reactive ketones (excluding diaryl/α,β-unsaturated/α-hetero) is 1. The highest BCUT2D eigenvalue weighted by atomic mass is 16.5. The number of ether oxygens (including phenoxy) is 1. The van der Waals surface area contributed by atoms with Crippen LogP contribution in [0.1, 0.15) is 34.7 Å². The molecule has 0 radical (unpaired) electrons. The zero-order valence-electron chi connectivity index (χ0n) is 15.9. The largest absolute Gasteiger partial charge is 0.474 e. The van der Waals surface area contributed by atoms with Crippen molar-refractivity contribution in [3.05, 3.63) is 53.6 Å². The highest BCUT2D eigenvalue weighted by Crippen LogP contribution is 2.21. The van der Waals surface area contributed by atoms with Crippen LogP contribution in [-0.2, 0) is 4.79 Å². The van der Waals surface area contributed by atoms with Gasteiger partial charge in [0.2, 0.25) is 5.88 Å². The van der Waals surface area contributed by atoms with Crippen molar-refractivity contribution in [2.45, 2.75) is 32.8 Å². The van der Waals surface area contributed by atoms with E-state index < -0.39 is 11.7 Å². The van der Waals surface area contributed by atoms with E-state index in [1.807, 2.05) is 44.2 Å². The van der Waals surface area contributed by atoms with Crippen molar-refractivity contribution in [3.63, 3.8) is 0 Å². The molecule has 0 unspecified atom stereocenters. The average molecular weight is 378 g/mol. The predicted octanol–water partition coefficient (Wildman–Crippen LogP) is 2.83. The Morgan fingerprint density at radius 1 is 1.14 bits per heavy atom. The molecule has 1 aliphatic rings. The van der Waals surface area contributed by atoms with Crippen molar-refractivity contribution >= 4 is 22.6 Å². The Labute approximate surface area is 162 Å². The van der Waals surface area contributed by atoms with E-state index in [1.54, 1.807) is 11.1 Å². The number of carbonyl (C=O) groups is 2. The van der Waals surface area contributed by atoms with Crippen molar-refractivity contribution in [2.24, 2.45) is 0 Å². The first-order chi connectivity index (χ1) is 13.5. The molecule has 1 N–H and O–H groups in total. The lowest BCUT2D eigenvalue weighted by Crippen LogP contribution is -2.44. The first-order valence-corrected chi connectivity index (χ1v) is 9.40. The van der Waals surface area contributed by atoms with Gasteiger partial charge >= 0.3 is 0 Å². The van der Waals surface area contributed by atoms with Crippen molar-refractivity contribution < 1.29 is 14.3 Å². The molecule has 28 heavy (non-hydrogen) atoms. The normalized spacial score (nSPS) is 15.0. The third-order valence-electron chi connectivity index (χ3n) is 4.99. The molecule has 1 aliphatic heterocycles. The number of hydrogen-bond acceptors (Lipinski definition) is 5. The molecule has 1 saturated heterocycles. The second-order valence-corrected chi connectivity index (χ2v) is 7.08. The Bertz CT molecular complexity index is 1010. The summed E-state index contributed by atoms with van der Waals surface area (Å²) < 4.78 is 5.96. The molecular weight excluding hydrogens is 356 g/mol. The molecule has 3 heterocycles. The van der Waals surface area contributed by atoms with Gasteiger partial charge in [0, 0.05) is 54.8 Å². The fraction of sp³-hybridized carbons (Fsp3) is 0.333. The number of H-pyrrole nitrogens is 1. The number of ketones is 1. The summed E-state index contributed by atoms with van der Waals surface area (Å²) in [5.41, 5.74) is 2.13. The molecule has 4 rings (SSSR count). The lowest BCUT2D eigenvalue weighted by Gasteiger charge is -2.31. The minimum atomic E-state index is -0.473. The van der Waals surface area contributed by atoms with Gasteiger partial charge in [0.15, 0.2) is 0 Å². The molecule has 7 nitrogen and oxygen atoms in total. The number of carbonyl (C=O) groups excluding carboxylic acids is 2. The standard InChI is InChI=1S/C21H22N4O3/c1-13-11-19(24-14(2)23-13)28-15-7-9-25(10-8-15)21(27)20(26)17-12-22-18-6-4-3-5-16(17)18/h3-6,11-12,15,22H,7-10H2,1-2H3. The number of aromatic nitrogens is 3. The summed E-state index contributed by atoms with van der Waals surface area (Å²) >= 11 is 0. The van der Waals surface area contributed by atoms with Gasteiger partial charge < -0.3 is 14.6 Å². The number of nitrogens with one attached hydrogen (secondary N) is 1. The number of para-hydroxylation sites is 1. The highest BCUT2D eigenvalue weighted by molar-refractivity contribution is 6.44. The second-order valence-electron chi connectivity index (χ2n) is 7.08. The van der Waals surface area contributed by atoms with E-state index in [2.05, 4.69) is 15.0 Å². The van der Waals surface area contributed by atoms with E-state index in [1.165, 1.54) is 0 Å². The van der Waals surface area contributed by atoms with Crippen molar-refractivity contribution in [1.29, 1.82) is 0 Å². The molecule has 0 spiro atoms. The highest BCUT2D eigenvalue weighted by Gasteiger charge is 2.29. The predicted molar refractivity (Wildman–Crippen MR) is 104 cm³/mol. The topological polar surface area (TPSA) is 88.2 Å². The first-order valence-electron chi connectivity index (χ1n) is 9.40. The van der Waals surface area contributed by atoms with Crippen LogP contribution in [0.25, 0.3) is 10.9 Å². The summed E-state index contributed by atoms with van der Waals surface area (Å²) in [6.45, 7) is 4.71. The van der Waals surface area contributed by atoms with Gasteiger partial charge in [-0.15, -0.1) is 0 Å². The number of nitrogens with zero attached hydrogens (tertiary/aromatic N) is 3. The molecule has 0 aliphatic carbocycles. The van der Waals surface area contributed by atoms with Crippen LogP contribution in [0, 0.1) is 13.8 Å². The zero-order chi connectivity index (χ0) is 19.7. The molecule has 3 aromatic rings. The molecule has 0 bridgehead atoms. The summed E-state index contributed by atoms with van der Waals surface area (Å²) in [7, 11) is 0. The molecule has 7 heteroatoms. The Hall–Kier alpha value is -3.22. The Kier molecular flexibility index (Phi) is 4.81. The summed E-state index contributed by atoms with van der Waals surface area (Å²) in [6.07, 6.45) is 2.91. The number of aromatic amines is 1. The minimum Gasteiger partial charge on any atom is -0.474 e. The van der Waals surface area contributed by atoms with E-state index in [4.69, 9.17) is 4.74 Å². The second kappa shape index (κ2) is 7.42. The summed E-state index contributed by atoms with van der Waals surface area (Å²) in [5.74, 6) is 0.299. The third-order valence-corrected chi connectivity index (χ3v) is 4.99. The van der Waals surface area contributed by atoms with Gasteiger partial charge in [-0.1, -0.05) is 18.2 Å². The van der Waals surface area contributed by atoms with Crippen LogP contribution < -0.4 is 4.74 Å². The number of benzene rings is 1. The van der Waals surface area contributed by atoms with Crippen molar-refractivity contribution in [2.75, 3.05) is 13.1 Å². The molecule has 1 amide bonds. The summed E-state index contributed by atoms with van der Waals surface area (Å²) in [5, 5.41) is 0.772. The quantitative estimate of drug-likeness (QED) is 0.557. The van der Waals surface area contributed by atoms with Gasteiger partial charge in [0.1, 0.15) is 11.9 Å². The van der Waals surface area contributed by atoms with Crippen molar-refractivity contribution in [1.82, 2.24) is 19.9 Å². The maximum Gasteiger partial charge on any atom is 0.295 e. The SMILES string of the molecule is Cc1cc(OC2CCN(C(=O)C(=O)c3c[nH]c4ccccc34)CC2)nc(C)n1. The summed E-state index contributed by atoms with van der Waals surface area (Å²) in [4.78, 5) is 38.6. The number of rotatable bonds is 4. The molecular formula is C21H22N4O3. The van der Waals surface area contributed by atoms with Gasteiger partial charge in [-0.25, -0.2) is 4.98 Å². The first kappa shape index (κ1) is 18.2. The Balaban J connectivity index is 1.39. The lowest BCUT2D eigenvalue weighted by atomic mass is 10.0. The van der Waals surface area contributed by atoms with Crippen LogP contribution in [0.15, 0.2) is 36.5 Å². The van der Waals surface area contributed by atoms with Crippen LogP contribution in [0.5, 0.6) is 5.88 Å². The Morgan fingerprint density at radius 2 is 1.89 bits per heavy atom. The molecule has 1 aromatic carbocycles. The molecule has 0 atom stereocenters. The van der Waals surface area contributed by atoms with Crippen LogP contribution in [0.2, 0.25) is 0 Å². The van der Waals surface area contributed by atoms with E-state index >= 15 is 0 Å². The fourth-order valence-electron chi connectivity index (χ4n) is 3.61. The number of fused-ring (bicyclic) bond motifs is 1. The van der Waals surface area contributed by atoms with E-state index in [0.29, 0.717) is 43.2 Å². The van der Waals surface area contributed by atoms with Gasteiger partial charge in [-0.05, 0) is 19.9 Å². The van der Waals surface area contributed by atoms with Crippen LogP contribution >= 0.6 is 0 Å². The zero-order valence-corrected chi connectivity index (χ0v) is 15.9. The minimum absolute atomic E-state index is 0.0269. The van der Waals surface area contributed by atoms with Crippen LogP contribution in [0.4, 0.5) is 0 Å². The van der Waals surface area contributed by atoms with Gasteiger partial charge in [0.05, 0.1) is 5.56 Å². The maximum atomic E-state index is 12.7. The Morgan fingerprint density at radius 3 is 2.64 bits per heavy atom. The number of aryl methyl sites for hydroxylation is 2. The van der Waals surface area contributed by atoms with E-state index in [-0.39, 0.29) is 6.10 Å². The molecule has 2 aromatic heterocycles. The number of amides is 1. The fourth-order valence-corrected chi connectivity index (χ4v) is 3.61. The maximum absolute atomic E-state index is 12.7. The monoisotopic (exact) mass is 378 g/mol. The average Bonchev–Trinajstić information content (AvgIpc) is 3.11. The van der Waals surface area contributed by atoms with Gasteiger partial charge in [-0.2, -0.15) is 4.98 Å². The smallest absolute Gasteiger partial charge is 0.295 e. The summed E-state index contributed by atoms with van der Waals surface area (Å²) in [6, 6.07) is 9.29. The van der Waals surface area contributed by atoms with Crippen molar-refractivity contribution in [3.8, 4) is 5.88 Å². The molecule has 1 fully saturated rings. The lowest BCUT2D eigenvalue weighted by molar-refractivity contribution is -0.128. The van der Waals surface area contributed by atoms with Gasteiger partial charge in [-0.3, -0.25) is 9.59 Å². The van der Waals surface area contributed by atoms with E-state index in [0.717, 1.165) is 16.6 Å². The number of piperidine rings is 1. The molecule has 0 saturated carbocycles. The van der Waals surface area contributed by atoms with E-state index in [9.17, 15) is 9.59 Å². The molecule has 144 valence electrons. The third kappa shape index (κ3) is 3.60. The number of hydrogen-bond donors (Lipinski definition) is 1.